The van der Waals surface area contributed by atoms with Crippen molar-refractivity contribution in [3.63, 3.8) is 0 Å². The van der Waals surface area contributed by atoms with Crippen LogP contribution in [0.1, 0.15) is 5.56 Å². The number of rotatable bonds is 0. The van der Waals surface area contributed by atoms with Crippen molar-refractivity contribution in [3.05, 3.63) is 23.0 Å². The molecule has 0 unspecified atom stereocenters. The third-order valence-electron chi connectivity index (χ3n) is 1.18. The summed E-state index contributed by atoms with van der Waals surface area (Å²) in [6.07, 6.45) is 1.59. The van der Waals surface area contributed by atoms with Crippen LogP contribution in [0.2, 0.25) is 5.15 Å². The molecule has 2 N–H and O–H groups in total. The van der Waals surface area contributed by atoms with E-state index < -0.39 is 0 Å². The second kappa shape index (κ2) is 2.23. The van der Waals surface area contributed by atoms with Crippen LogP contribution in [0.25, 0.3) is 0 Å². The zero-order valence-corrected chi connectivity index (χ0v) is 5.81. The molecule has 1 aromatic heterocycles. The lowest BCUT2D eigenvalue weighted by atomic mass is 10.3. The van der Waals surface area contributed by atoms with Crippen LogP contribution >= 0.6 is 11.6 Å². The molecule has 2 nitrogen and oxygen atoms in total. The van der Waals surface area contributed by atoms with Crippen molar-refractivity contribution >= 4 is 17.3 Å². The van der Waals surface area contributed by atoms with Crippen molar-refractivity contribution in [2.45, 2.75) is 6.92 Å². The van der Waals surface area contributed by atoms with Crippen LogP contribution in [0.15, 0.2) is 12.3 Å². The highest BCUT2D eigenvalue weighted by atomic mass is 35.5. The minimum Gasteiger partial charge on any atom is -0.398 e. The molecule has 48 valence electrons. The van der Waals surface area contributed by atoms with E-state index in [-0.39, 0.29) is 0 Å². The second-order valence-electron chi connectivity index (χ2n) is 1.82. The number of hydrogen-bond acceptors (Lipinski definition) is 2. The molecule has 0 fully saturated rings. The number of nitrogen functional groups attached to an aromatic ring is 1. The van der Waals surface area contributed by atoms with Gasteiger partial charge < -0.3 is 5.73 Å². The summed E-state index contributed by atoms with van der Waals surface area (Å²) < 4.78 is 0. The van der Waals surface area contributed by atoms with E-state index in [1.165, 1.54) is 0 Å². The topological polar surface area (TPSA) is 38.9 Å². The van der Waals surface area contributed by atoms with Crippen LogP contribution < -0.4 is 5.73 Å². The van der Waals surface area contributed by atoms with E-state index in [9.17, 15) is 0 Å². The second-order valence-corrected chi connectivity index (χ2v) is 2.17. The lowest BCUT2D eigenvalue weighted by molar-refractivity contribution is 1.27. The van der Waals surface area contributed by atoms with Gasteiger partial charge in [-0.15, -0.1) is 0 Å². The average Bonchev–Trinajstić information content (AvgIpc) is 1.83. The molecule has 9 heavy (non-hydrogen) atoms. The first-order valence-corrected chi connectivity index (χ1v) is 2.96. The van der Waals surface area contributed by atoms with Gasteiger partial charge in [0.2, 0.25) is 0 Å². The van der Waals surface area contributed by atoms with Crippen LogP contribution in [0.5, 0.6) is 0 Å². The summed E-state index contributed by atoms with van der Waals surface area (Å²) in [4.78, 5) is 3.82. The molecule has 1 aromatic rings. The van der Waals surface area contributed by atoms with Gasteiger partial charge in [0.15, 0.2) is 0 Å². The lowest BCUT2D eigenvalue weighted by Crippen LogP contribution is -1.90. The molecule has 1 rings (SSSR count). The van der Waals surface area contributed by atoms with Gasteiger partial charge in [-0.3, -0.25) is 0 Å². The lowest BCUT2D eigenvalue weighted by Gasteiger charge is -1.97. The van der Waals surface area contributed by atoms with Crippen LogP contribution in [-0.4, -0.2) is 4.98 Å². The van der Waals surface area contributed by atoms with Gasteiger partial charge in [-0.2, -0.15) is 0 Å². The minimum atomic E-state index is 0.481. The van der Waals surface area contributed by atoms with Crippen molar-refractivity contribution in [2.24, 2.45) is 0 Å². The van der Waals surface area contributed by atoms with Crippen molar-refractivity contribution < 1.29 is 0 Å². The monoisotopic (exact) mass is 142 g/mol. The Balaban J connectivity index is 3.25. The quantitative estimate of drug-likeness (QED) is 0.560. The standard InChI is InChI=1S/C6H7ClN2/c1-4-5(8)2-3-9-6(4)7/h2-3H,1H3,(H2,8,9). The molecule has 0 amide bonds. The van der Waals surface area contributed by atoms with Crippen LogP contribution in [0.4, 0.5) is 5.69 Å². The first-order valence-electron chi connectivity index (χ1n) is 2.58. The Morgan fingerprint density at radius 1 is 1.67 bits per heavy atom. The molecule has 0 spiro atoms. The van der Waals surface area contributed by atoms with Gasteiger partial charge in [0.05, 0.1) is 0 Å². The minimum absolute atomic E-state index is 0.481. The van der Waals surface area contributed by atoms with Crippen molar-refractivity contribution in [2.75, 3.05) is 5.73 Å². The fourth-order valence-electron chi connectivity index (χ4n) is 0.524. The number of aromatic nitrogens is 1. The molecule has 0 aliphatic carbocycles. The molecule has 0 atom stereocenters. The van der Waals surface area contributed by atoms with E-state index >= 15 is 0 Å². The van der Waals surface area contributed by atoms with Gasteiger partial charge in [-0.25, -0.2) is 4.98 Å². The van der Waals surface area contributed by atoms with E-state index in [2.05, 4.69) is 4.98 Å². The van der Waals surface area contributed by atoms with E-state index in [4.69, 9.17) is 17.3 Å². The Kier molecular flexibility index (Phi) is 1.58. The maximum atomic E-state index is 5.62. The molecule has 0 bridgehead atoms. The number of hydrogen-bond donors (Lipinski definition) is 1. The third kappa shape index (κ3) is 1.13. The maximum Gasteiger partial charge on any atom is 0.133 e. The molecule has 0 aliphatic heterocycles. The zero-order valence-electron chi connectivity index (χ0n) is 5.06. The predicted octanol–water partition coefficient (Wildman–Crippen LogP) is 1.63. The third-order valence-corrected chi connectivity index (χ3v) is 1.57. The molecule has 0 radical (unpaired) electrons. The molecule has 3 heteroatoms. The summed E-state index contributed by atoms with van der Waals surface area (Å²) in [6, 6.07) is 1.72. The zero-order chi connectivity index (χ0) is 6.85. The predicted molar refractivity (Wildman–Crippen MR) is 38.4 cm³/mol. The van der Waals surface area contributed by atoms with E-state index in [1.807, 2.05) is 6.92 Å². The molecule has 0 saturated carbocycles. The summed E-state index contributed by atoms with van der Waals surface area (Å²) in [5.74, 6) is 0. The van der Waals surface area contributed by atoms with Crippen molar-refractivity contribution in [3.8, 4) is 0 Å². The Bertz CT molecular complexity index is 202. The molecule has 1 heterocycles. The van der Waals surface area contributed by atoms with Gasteiger partial charge in [-0.05, 0) is 13.0 Å². The van der Waals surface area contributed by atoms with E-state index in [0.717, 1.165) is 5.56 Å². The molecule has 0 aromatic carbocycles. The largest absolute Gasteiger partial charge is 0.398 e. The SMILES string of the molecule is Cc1c(N)ccnc1Cl. The van der Waals surface area contributed by atoms with Gasteiger partial charge in [0.1, 0.15) is 5.15 Å². The van der Waals surface area contributed by atoms with E-state index in [0.29, 0.717) is 10.8 Å². The molecule has 0 saturated heterocycles. The van der Waals surface area contributed by atoms with Crippen LogP contribution in [0.3, 0.4) is 0 Å². The summed E-state index contributed by atoms with van der Waals surface area (Å²) in [5, 5.41) is 0.481. The Morgan fingerprint density at radius 3 is 2.78 bits per heavy atom. The smallest absolute Gasteiger partial charge is 0.133 e. The molecule has 0 aliphatic rings. The average molecular weight is 143 g/mol. The number of pyridine rings is 1. The summed E-state index contributed by atoms with van der Waals surface area (Å²) in [6.45, 7) is 1.84. The maximum absolute atomic E-state index is 5.62. The first-order chi connectivity index (χ1) is 4.22. The van der Waals surface area contributed by atoms with E-state index in [1.54, 1.807) is 12.3 Å². The van der Waals surface area contributed by atoms with Crippen molar-refractivity contribution in [1.29, 1.82) is 0 Å². The highest BCUT2D eigenvalue weighted by Gasteiger charge is 1.96. The highest BCUT2D eigenvalue weighted by Crippen LogP contribution is 2.16. The number of halogens is 1. The van der Waals surface area contributed by atoms with Gasteiger partial charge in [0.25, 0.3) is 0 Å². The van der Waals surface area contributed by atoms with Crippen molar-refractivity contribution in [1.82, 2.24) is 4.98 Å². The normalized spacial score (nSPS) is 9.56. The Hall–Kier alpha value is -0.760. The fourth-order valence-corrected chi connectivity index (χ4v) is 0.689. The Morgan fingerprint density at radius 2 is 2.33 bits per heavy atom. The van der Waals surface area contributed by atoms with Crippen LogP contribution in [-0.2, 0) is 0 Å². The Labute approximate surface area is 58.7 Å². The first kappa shape index (κ1) is 6.36. The summed E-state index contributed by atoms with van der Waals surface area (Å²) in [5.41, 5.74) is 7.03. The molecular weight excluding hydrogens is 136 g/mol. The van der Waals surface area contributed by atoms with Gasteiger partial charge in [-0.1, -0.05) is 11.6 Å². The summed E-state index contributed by atoms with van der Waals surface area (Å²) in [7, 11) is 0. The highest BCUT2D eigenvalue weighted by molar-refractivity contribution is 6.30. The number of anilines is 1. The number of nitrogens with two attached hydrogens (primary N) is 1. The summed E-state index contributed by atoms with van der Waals surface area (Å²) >= 11 is 5.62. The number of nitrogens with zero attached hydrogens (tertiary/aromatic N) is 1. The fraction of sp³-hybridized carbons (Fsp3) is 0.167. The van der Waals surface area contributed by atoms with Gasteiger partial charge in [0, 0.05) is 17.4 Å². The van der Waals surface area contributed by atoms with Crippen LogP contribution in [0, 0.1) is 6.92 Å². The van der Waals surface area contributed by atoms with Gasteiger partial charge >= 0.3 is 0 Å². The molecular formula is C6H7ClN2.